The molecule has 1 aromatic carbocycles. The second-order valence-corrected chi connectivity index (χ2v) is 4.66. The van der Waals surface area contributed by atoms with Gasteiger partial charge in [-0.3, -0.25) is 4.79 Å². The molecule has 0 aliphatic rings. The number of benzene rings is 1. The van der Waals surface area contributed by atoms with E-state index in [-0.39, 0.29) is 24.4 Å². The third-order valence-electron chi connectivity index (χ3n) is 2.49. The monoisotopic (exact) mass is 290 g/mol. The summed E-state index contributed by atoms with van der Waals surface area (Å²) >= 11 is 5.91. The van der Waals surface area contributed by atoms with Gasteiger partial charge in [-0.2, -0.15) is 0 Å². The second kappa shape index (κ2) is 8.35. The standard InChI is InChI=1S/C13H19ClN2O.ClH/c1-3-16(13(17)7-10(2)15)9-11-5-4-6-12(14)8-11;/h4-6,8,10H,3,7,9,15H2,1-2H3;1H. The summed E-state index contributed by atoms with van der Waals surface area (Å²) in [6.07, 6.45) is 0.383. The lowest BCUT2D eigenvalue weighted by Gasteiger charge is -2.22. The molecule has 0 bridgehead atoms. The van der Waals surface area contributed by atoms with Gasteiger partial charge in [-0.15, -0.1) is 12.4 Å². The summed E-state index contributed by atoms with van der Waals surface area (Å²) in [7, 11) is 0. The molecule has 18 heavy (non-hydrogen) atoms. The number of halogens is 2. The Kier molecular flexibility index (Phi) is 8.00. The van der Waals surface area contributed by atoms with E-state index < -0.39 is 0 Å². The lowest BCUT2D eigenvalue weighted by atomic mass is 10.2. The first-order valence-corrected chi connectivity index (χ1v) is 6.18. The zero-order valence-corrected chi connectivity index (χ0v) is 12.3. The van der Waals surface area contributed by atoms with Gasteiger partial charge in [-0.1, -0.05) is 23.7 Å². The van der Waals surface area contributed by atoms with Crippen LogP contribution in [0.15, 0.2) is 24.3 Å². The van der Waals surface area contributed by atoms with Crippen molar-refractivity contribution in [1.82, 2.24) is 4.90 Å². The van der Waals surface area contributed by atoms with E-state index >= 15 is 0 Å². The first-order valence-electron chi connectivity index (χ1n) is 5.80. The van der Waals surface area contributed by atoms with E-state index in [1.807, 2.05) is 38.1 Å². The molecule has 0 aliphatic carbocycles. The Morgan fingerprint density at radius 1 is 1.50 bits per heavy atom. The minimum absolute atomic E-state index is 0. The molecule has 0 fully saturated rings. The largest absolute Gasteiger partial charge is 0.339 e. The van der Waals surface area contributed by atoms with Crippen molar-refractivity contribution in [2.75, 3.05) is 6.54 Å². The van der Waals surface area contributed by atoms with Crippen LogP contribution >= 0.6 is 24.0 Å². The van der Waals surface area contributed by atoms with Gasteiger partial charge in [-0.05, 0) is 31.5 Å². The fraction of sp³-hybridized carbons (Fsp3) is 0.462. The van der Waals surface area contributed by atoms with Crippen molar-refractivity contribution < 1.29 is 4.79 Å². The van der Waals surface area contributed by atoms with Crippen molar-refractivity contribution in [3.8, 4) is 0 Å². The number of amides is 1. The molecule has 1 unspecified atom stereocenters. The van der Waals surface area contributed by atoms with E-state index in [9.17, 15) is 4.79 Å². The molecule has 3 nitrogen and oxygen atoms in total. The van der Waals surface area contributed by atoms with Crippen LogP contribution in [0.25, 0.3) is 0 Å². The fourth-order valence-electron chi connectivity index (χ4n) is 1.64. The predicted molar refractivity (Wildman–Crippen MR) is 78.1 cm³/mol. The summed E-state index contributed by atoms with van der Waals surface area (Å²) in [6.45, 7) is 5.06. The average molecular weight is 291 g/mol. The molecule has 0 aromatic heterocycles. The highest BCUT2D eigenvalue weighted by molar-refractivity contribution is 6.30. The highest BCUT2D eigenvalue weighted by atomic mass is 35.5. The van der Waals surface area contributed by atoms with Crippen LogP contribution in [0.1, 0.15) is 25.8 Å². The Morgan fingerprint density at radius 3 is 2.67 bits per heavy atom. The van der Waals surface area contributed by atoms with Crippen molar-refractivity contribution in [2.45, 2.75) is 32.9 Å². The zero-order chi connectivity index (χ0) is 12.8. The number of carbonyl (C=O) groups excluding carboxylic acids is 1. The predicted octanol–water partition coefficient (Wildman–Crippen LogP) is 2.85. The Morgan fingerprint density at radius 2 is 2.17 bits per heavy atom. The molecular weight excluding hydrogens is 271 g/mol. The van der Waals surface area contributed by atoms with Gasteiger partial charge in [0.25, 0.3) is 0 Å². The quantitative estimate of drug-likeness (QED) is 0.906. The minimum atomic E-state index is -0.101. The lowest BCUT2D eigenvalue weighted by molar-refractivity contribution is -0.131. The average Bonchev–Trinajstić information content (AvgIpc) is 2.24. The van der Waals surface area contributed by atoms with Crippen LogP contribution < -0.4 is 5.73 Å². The van der Waals surface area contributed by atoms with Crippen LogP contribution in [0.4, 0.5) is 0 Å². The van der Waals surface area contributed by atoms with Crippen LogP contribution in [-0.4, -0.2) is 23.4 Å². The highest BCUT2D eigenvalue weighted by Crippen LogP contribution is 2.13. The molecule has 1 atom stereocenters. The minimum Gasteiger partial charge on any atom is -0.339 e. The second-order valence-electron chi connectivity index (χ2n) is 4.22. The van der Waals surface area contributed by atoms with Crippen molar-refractivity contribution >= 4 is 29.9 Å². The number of hydrogen-bond donors (Lipinski definition) is 1. The van der Waals surface area contributed by atoms with Crippen LogP contribution in [-0.2, 0) is 11.3 Å². The van der Waals surface area contributed by atoms with E-state index in [1.165, 1.54) is 0 Å². The Hall–Kier alpha value is -0.770. The Balaban J connectivity index is 0.00000289. The lowest BCUT2D eigenvalue weighted by Crippen LogP contribution is -2.34. The van der Waals surface area contributed by atoms with Gasteiger partial charge < -0.3 is 10.6 Å². The molecule has 0 spiro atoms. The Bertz CT molecular complexity index is 383. The van der Waals surface area contributed by atoms with Gasteiger partial charge in [0, 0.05) is 30.6 Å². The first-order chi connectivity index (χ1) is 8.02. The Labute approximate surface area is 120 Å². The van der Waals surface area contributed by atoms with Crippen LogP contribution in [0.5, 0.6) is 0 Å². The fourth-order valence-corrected chi connectivity index (χ4v) is 1.85. The van der Waals surface area contributed by atoms with Crippen molar-refractivity contribution in [2.24, 2.45) is 5.73 Å². The summed E-state index contributed by atoms with van der Waals surface area (Å²) in [5.74, 6) is 0.0856. The summed E-state index contributed by atoms with van der Waals surface area (Å²) < 4.78 is 0. The molecule has 0 saturated carbocycles. The smallest absolute Gasteiger partial charge is 0.224 e. The van der Waals surface area contributed by atoms with Gasteiger partial charge >= 0.3 is 0 Å². The summed E-state index contributed by atoms with van der Waals surface area (Å²) in [4.78, 5) is 13.7. The topological polar surface area (TPSA) is 46.3 Å². The number of nitrogens with zero attached hydrogens (tertiary/aromatic N) is 1. The van der Waals surface area contributed by atoms with Crippen molar-refractivity contribution in [3.05, 3.63) is 34.9 Å². The number of rotatable bonds is 5. The van der Waals surface area contributed by atoms with Gasteiger partial charge in [0.05, 0.1) is 0 Å². The number of nitrogens with two attached hydrogens (primary N) is 1. The van der Waals surface area contributed by atoms with Crippen molar-refractivity contribution in [1.29, 1.82) is 0 Å². The summed E-state index contributed by atoms with van der Waals surface area (Å²) in [5, 5.41) is 0.693. The molecule has 1 rings (SSSR count). The molecule has 5 heteroatoms. The molecule has 2 N–H and O–H groups in total. The molecule has 0 heterocycles. The van der Waals surface area contributed by atoms with E-state index in [4.69, 9.17) is 17.3 Å². The third-order valence-corrected chi connectivity index (χ3v) is 2.73. The maximum absolute atomic E-state index is 11.9. The normalized spacial score (nSPS) is 11.6. The van der Waals surface area contributed by atoms with E-state index in [0.717, 1.165) is 5.56 Å². The summed E-state index contributed by atoms with van der Waals surface area (Å²) in [5.41, 5.74) is 6.67. The van der Waals surface area contributed by atoms with Crippen LogP contribution in [0.2, 0.25) is 5.02 Å². The molecule has 102 valence electrons. The summed E-state index contributed by atoms with van der Waals surface area (Å²) in [6, 6.07) is 7.46. The highest BCUT2D eigenvalue weighted by Gasteiger charge is 2.13. The number of hydrogen-bond acceptors (Lipinski definition) is 2. The SMILES string of the molecule is CCN(Cc1cccc(Cl)c1)C(=O)CC(C)N.Cl. The van der Waals surface area contributed by atoms with Crippen LogP contribution in [0, 0.1) is 0 Å². The molecule has 1 aromatic rings. The molecule has 1 amide bonds. The first kappa shape index (κ1) is 17.2. The van der Waals surface area contributed by atoms with Crippen LogP contribution in [0.3, 0.4) is 0 Å². The van der Waals surface area contributed by atoms with E-state index in [1.54, 1.807) is 4.90 Å². The maximum atomic E-state index is 11.9. The maximum Gasteiger partial charge on any atom is 0.224 e. The van der Waals surface area contributed by atoms with Gasteiger partial charge in [0.1, 0.15) is 0 Å². The molecule has 0 radical (unpaired) electrons. The molecular formula is C13H20Cl2N2O. The van der Waals surface area contributed by atoms with Crippen molar-refractivity contribution in [3.63, 3.8) is 0 Å². The van der Waals surface area contributed by atoms with Gasteiger partial charge in [0.2, 0.25) is 5.91 Å². The van der Waals surface area contributed by atoms with Gasteiger partial charge in [0.15, 0.2) is 0 Å². The third kappa shape index (κ3) is 5.71. The molecule has 0 saturated heterocycles. The number of carbonyl (C=O) groups is 1. The zero-order valence-electron chi connectivity index (χ0n) is 10.7. The van der Waals surface area contributed by atoms with Gasteiger partial charge in [-0.25, -0.2) is 0 Å². The van der Waals surface area contributed by atoms with E-state index in [0.29, 0.717) is 24.5 Å². The van der Waals surface area contributed by atoms with E-state index in [2.05, 4.69) is 0 Å². The molecule has 0 aliphatic heterocycles.